The molecule has 3 aromatic rings. The molecule has 0 N–H and O–H groups in total. The lowest BCUT2D eigenvalue weighted by atomic mass is 10.1. The normalized spacial score (nSPS) is 18.5. The fourth-order valence-corrected chi connectivity index (χ4v) is 7.41. The first-order chi connectivity index (χ1) is 15.4. The third kappa shape index (κ3) is 4.09. The second kappa shape index (κ2) is 8.61. The van der Waals surface area contributed by atoms with E-state index < -0.39 is 10.0 Å². The molecule has 0 amide bonds. The molecule has 1 aromatic carbocycles. The molecule has 170 valence electrons. The van der Waals surface area contributed by atoms with Gasteiger partial charge >= 0.3 is 0 Å². The van der Waals surface area contributed by atoms with Crippen molar-refractivity contribution < 1.29 is 12.8 Å². The number of thiophene rings is 1. The molecular formula is C23H28N4O3S2. The lowest BCUT2D eigenvalue weighted by molar-refractivity contribution is 0.385. The minimum Gasteiger partial charge on any atom is -0.420 e. The fourth-order valence-electron chi connectivity index (χ4n) is 4.60. The second-order valence-corrected chi connectivity index (χ2v) is 12.0. The average Bonchev–Trinajstić information content (AvgIpc) is 3.55. The lowest BCUT2D eigenvalue weighted by Crippen LogP contribution is -2.48. The molecule has 9 heteroatoms. The van der Waals surface area contributed by atoms with Crippen LogP contribution in [0.25, 0.3) is 10.8 Å². The Bertz CT molecular complexity index is 1200. The number of benzene rings is 1. The monoisotopic (exact) mass is 472 g/mol. The van der Waals surface area contributed by atoms with Crippen molar-refractivity contribution in [3.8, 4) is 10.8 Å². The van der Waals surface area contributed by atoms with Gasteiger partial charge in [-0.1, -0.05) is 25.0 Å². The Hall–Kier alpha value is -2.23. The summed E-state index contributed by atoms with van der Waals surface area (Å²) in [6.07, 6.45) is 4.56. The van der Waals surface area contributed by atoms with Crippen LogP contribution in [0.15, 0.2) is 39.0 Å². The first kappa shape index (κ1) is 21.6. The molecule has 5 rings (SSSR count). The summed E-state index contributed by atoms with van der Waals surface area (Å²) >= 11 is 1.20. The number of rotatable bonds is 5. The van der Waals surface area contributed by atoms with Gasteiger partial charge in [0.2, 0.25) is 5.89 Å². The molecule has 2 aliphatic rings. The summed E-state index contributed by atoms with van der Waals surface area (Å²) in [5, 5.41) is 8.39. The molecule has 1 aliphatic carbocycles. The van der Waals surface area contributed by atoms with Gasteiger partial charge in [-0.05, 0) is 56.0 Å². The highest BCUT2D eigenvalue weighted by Gasteiger charge is 2.31. The number of hydrogen-bond acceptors (Lipinski definition) is 7. The van der Waals surface area contributed by atoms with Gasteiger partial charge in [0.1, 0.15) is 4.21 Å². The Morgan fingerprint density at radius 1 is 1.00 bits per heavy atom. The molecule has 2 aromatic heterocycles. The number of sulfonamides is 1. The Labute approximate surface area is 193 Å². The highest BCUT2D eigenvalue weighted by atomic mass is 32.2. The average molecular weight is 473 g/mol. The van der Waals surface area contributed by atoms with E-state index >= 15 is 0 Å². The highest BCUT2D eigenvalue weighted by Crippen LogP contribution is 2.37. The van der Waals surface area contributed by atoms with Crippen LogP contribution in [0.1, 0.15) is 48.6 Å². The van der Waals surface area contributed by atoms with Crippen molar-refractivity contribution >= 4 is 27.0 Å². The molecular weight excluding hydrogens is 444 g/mol. The zero-order valence-electron chi connectivity index (χ0n) is 18.5. The molecule has 3 heterocycles. The van der Waals surface area contributed by atoms with Crippen LogP contribution in [0.3, 0.4) is 0 Å². The van der Waals surface area contributed by atoms with E-state index in [9.17, 15) is 8.42 Å². The van der Waals surface area contributed by atoms with E-state index in [1.54, 1.807) is 16.4 Å². The maximum absolute atomic E-state index is 13.3. The van der Waals surface area contributed by atoms with Gasteiger partial charge in [-0.15, -0.1) is 21.5 Å². The van der Waals surface area contributed by atoms with Crippen molar-refractivity contribution in [1.29, 1.82) is 0 Å². The fraction of sp³-hybridized carbons (Fsp3) is 0.478. The molecule has 0 unspecified atom stereocenters. The largest absolute Gasteiger partial charge is 0.420 e. The van der Waals surface area contributed by atoms with E-state index in [2.05, 4.69) is 47.1 Å². The molecule has 0 spiro atoms. The van der Waals surface area contributed by atoms with E-state index in [0.29, 0.717) is 53.0 Å². The number of piperazine rings is 1. The topological polar surface area (TPSA) is 79.5 Å². The van der Waals surface area contributed by atoms with E-state index in [0.717, 1.165) is 12.8 Å². The van der Waals surface area contributed by atoms with Crippen molar-refractivity contribution in [3.63, 3.8) is 0 Å². The smallest absolute Gasteiger partial charge is 0.257 e. The van der Waals surface area contributed by atoms with Gasteiger partial charge < -0.3 is 9.32 Å². The van der Waals surface area contributed by atoms with Crippen LogP contribution < -0.4 is 4.90 Å². The van der Waals surface area contributed by atoms with Gasteiger partial charge in [-0.25, -0.2) is 8.42 Å². The standard InChI is InChI=1S/C23H28N4O3S2/c1-16-7-8-17(2)19(15-16)26-11-13-27(14-12-26)32(28,29)21-10-9-20(31-21)23-25-24-22(30-23)18-5-3-4-6-18/h7-10,15,18H,3-6,11-14H2,1-2H3. The number of hydrogen-bond donors (Lipinski definition) is 0. The summed E-state index contributed by atoms with van der Waals surface area (Å²) in [5.41, 5.74) is 3.62. The van der Waals surface area contributed by atoms with Crippen molar-refractivity contribution in [1.82, 2.24) is 14.5 Å². The lowest BCUT2D eigenvalue weighted by Gasteiger charge is -2.36. The molecule has 0 radical (unpaired) electrons. The molecule has 0 atom stereocenters. The Kier molecular flexibility index (Phi) is 5.81. The first-order valence-electron chi connectivity index (χ1n) is 11.2. The molecule has 1 saturated heterocycles. The predicted molar refractivity (Wildman–Crippen MR) is 126 cm³/mol. The summed E-state index contributed by atoms with van der Waals surface area (Å²) in [7, 11) is -3.55. The quantitative estimate of drug-likeness (QED) is 0.541. The van der Waals surface area contributed by atoms with Crippen LogP contribution in [-0.4, -0.2) is 49.1 Å². The third-order valence-corrected chi connectivity index (χ3v) is 9.91. The minimum absolute atomic E-state index is 0.327. The molecule has 1 saturated carbocycles. The Balaban J connectivity index is 1.29. The molecule has 1 aliphatic heterocycles. The zero-order chi connectivity index (χ0) is 22.3. The van der Waals surface area contributed by atoms with Gasteiger partial charge in [0, 0.05) is 37.8 Å². The van der Waals surface area contributed by atoms with Gasteiger partial charge in [-0.3, -0.25) is 0 Å². The summed E-state index contributed by atoms with van der Waals surface area (Å²) in [4.78, 5) is 2.98. The van der Waals surface area contributed by atoms with Crippen LogP contribution in [-0.2, 0) is 10.0 Å². The molecule has 7 nitrogen and oxygen atoms in total. The van der Waals surface area contributed by atoms with Crippen molar-refractivity contribution in [2.45, 2.75) is 49.7 Å². The number of nitrogens with zero attached hydrogens (tertiary/aromatic N) is 4. The summed E-state index contributed by atoms with van der Waals surface area (Å²) in [5.74, 6) is 1.43. The van der Waals surface area contributed by atoms with Gasteiger partial charge in [0.05, 0.1) is 4.88 Å². The Morgan fingerprint density at radius 3 is 2.50 bits per heavy atom. The highest BCUT2D eigenvalue weighted by molar-refractivity contribution is 7.91. The van der Waals surface area contributed by atoms with Crippen LogP contribution >= 0.6 is 11.3 Å². The Morgan fingerprint density at radius 2 is 1.75 bits per heavy atom. The van der Waals surface area contributed by atoms with Gasteiger partial charge in [0.15, 0.2) is 0 Å². The van der Waals surface area contributed by atoms with E-state index in [1.807, 2.05) is 0 Å². The van der Waals surface area contributed by atoms with Gasteiger partial charge in [0.25, 0.3) is 15.9 Å². The maximum Gasteiger partial charge on any atom is 0.257 e. The maximum atomic E-state index is 13.3. The SMILES string of the molecule is Cc1ccc(C)c(N2CCN(S(=O)(=O)c3ccc(-c4nnc(C5CCCC5)o4)s3)CC2)c1. The number of aromatic nitrogens is 2. The van der Waals surface area contributed by atoms with Crippen molar-refractivity contribution in [2.24, 2.45) is 0 Å². The van der Waals surface area contributed by atoms with Gasteiger partial charge in [-0.2, -0.15) is 4.31 Å². The van der Waals surface area contributed by atoms with Crippen LogP contribution in [0.5, 0.6) is 0 Å². The second-order valence-electron chi connectivity index (χ2n) is 8.73. The summed E-state index contributed by atoms with van der Waals surface area (Å²) in [6.45, 7) is 6.47. The van der Waals surface area contributed by atoms with Crippen LogP contribution in [0.4, 0.5) is 5.69 Å². The van der Waals surface area contributed by atoms with E-state index in [-0.39, 0.29) is 0 Å². The van der Waals surface area contributed by atoms with Crippen molar-refractivity contribution in [3.05, 3.63) is 47.3 Å². The molecule has 0 bridgehead atoms. The van der Waals surface area contributed by atoms with E-state index in [4.69, 9.17) is 4.42 Å². The third-order valence-electron chi connectivity index (χ3n) is 6.48. The summed E-state index contributed by atoms with van der Waals surface area (Å²) in [6, 6.07) is 9.83. The zero-order valence-corrected chi connectivity index (χ0v) is 20.1. The van der Waals surface area contributed by atoms with Crippen LogP contribution in [0.2, 0.25) is 0 Å². The predicted octanol–water partition coefficient (Wildman–Crippen LogP) is 4.58. The number of aryl methyl sites for hydroxylation is 2. The van der Waals surface area contributed by atoms with Crippen LogP contribution in [0, 0.1) is 13.8 Å². The van der Waals surface area contributed by atoms with Crippen molar-refractivity contribution in [2.75, 3.05) is 31.1 Å². The minimum atomic E-state index is -3.55. The van der Waals surface area contributed by atoms with E-state index in [1.165, 1.54) is 41.0 Å². The summed E-state index contributed by atoms with van der Waals surface area (Å²) < 4.78 is 34.3. The molecule has 2 fully saturated rings. The molecule has 32 heavy (non-hydrogen) atoms. The number of anilines is 1. The first-order valence-corrected chi connectivity index (χ1v) is 13.4.